The van der Waals surface area contributed by atoms with Crippen LogP contribution in [-0.4, -0.2) is 5.54 Å². The van der Waals surface area contributed by atoms with E-state index in [0.717, 1.165) is 12.8 Å². The molecule has 0 aromatic heterocycles. The number of rotatable bonds is 4. The molecule has 1 aliphatic carbocycles. The first kappa shape index (κ1) is 14.1. The van der Waals surface area contributed by atoms with Crippen LogP contribution >= 0.6 is 0 Å². The molecule has 1 saturated carbocycles. The van der Waals surface area contributed by atoms with E-state index < -0.39 is 0 Å². The van der Waals surface area contributed by atoms with Gasteiger partial charge in [-0.1, -0.05) is 50.6 Å². The Morgan fingerprint density at radius 2 is 1.95 bits per heavy atom. The lowest BCUT2D eigenvalue weighted by Crippen LogP contribution is -2.49. The van der Waals surface area contributed by atoms with Gasteiger partial charge in [-0.25, -0.2) is 0 Å². The van der Waals surface area contributed by atoms with Crippen molar-refractivity contribution >= 4 is 0 Å². The van der Waals surface area contributed by atoms with E-state index in [4.69, 9.17) is 0 Å². The van der Waals surface area contributed by atoms with Crippen LogP contribution in [-0.2, 0) is 0 Å². The molecule has 0 radical (unpaired) electrons. The fraction of sp³-hybridized carbons (Fsp3) is 0.588. The van der Waals surface area contributed by atoms with Gasteiger partial charge < -0.3 is 0 Å². The van der Waals surface area contributed by atoms with Gasteiger partial charge in [-0.3, -0.25) is 5.32 Å². The van der Waals surface area contributed by atoms with Gasteiger partial charge in [0.1, 0.15) is 5.54 Å². The van der Waals surface area contributed by atoms with Crippen LogP contribution in [0.4, 0.5) is 0 Å². The fourth-order valence-electron chi connectivity index (χ4n) is 3.50. The third-order valence-electron chi connectivity index (χ3n) is 4.50. The molecule has 0 aliphatic heterocycles. The predicted octanol–water partition coefficient (Wildman–Crippen LogP) is 4.06. The Kier molecular flexibility index (Phi) is 4.27. The molecule has 3 atom stereocenters. The summed E-state index contributed by atoms with van der Waals surface area (Å²) in [6.07, 6.45) is 3.30. The average Bonchev–Trinajstić information content (AvgIpc) is 2.84. The number of hydrogen-bond donors (Lipinski definition) is 1. The maximum absolute atomic E-state index is 9.72. The SMILES string of the molecule is CC(C)C1CCCC1(C#N)N[C@H](C)c1ccccc1. The highest BCUT2D eigenvalue weighted by atomic mass is 15.0. The standard InChI is InChI=1S/C17H24N2/c1-13(2)16-10-7-11-17(16,12-18)19-14(3)15-8-5-4-6-9-15/h4-6,8-9,13-14,16,19H,7,10-11H2,1-3H3/t14-,16?,17?/m1/s1. The van der Waals surface area contributed by atoms with Gasteiger partial charge in [-0.05, 0) is 37.2 Å². The summed E-state index contributed by atoms with van der Waals surface area (Å²) in [6, 6.07) is 13.2. The van der Waals surface area contributed by atoms with E-state index in [0.29, 0.717) is 11.8 Å². The van der Waals surface area contributed by atoms with E-state index in [1.165, 1.54) is 12.0 Å². The van der Waals surface area contributed by atoms with Gasteiger partial charge in [0.15, 0.2) is 0 Å². The molecule has 102 valence electrons. The normalized spacial score (nSPS) is 28.3. The summed E-state index contributed by atoms with van der Waals surface area (Å²) >= 11 is 0. The smallest absolute Gasteiger partial charge is 0.110 e. The van der Waals surface area contributed by atoms with Crippen molar-refractivity contribution in [3.8, 4) is 6.07 Å². The topological polar surface area (TPSA) is 35.8 Å². The van der Waals surface area contributed by atoms with Crippen molar-refractivity contribution in [2.24, 2.45) is 11.8 Å². The molecule has 1 N–H and O–H groups in total. The van der Waals surface area contributed by atoms with Crippen LogP contribution in [0.1, 0.15) is 51.6 Å². The summed E-state index contributed by atoms with van der Waals surface area (Å²) in [5.41, 5.74) is 0.912. The molecule has 0 amide bonds. The second kappa shape index (κ2) is 5.75. The summed E-state index contributed by atoms with van der Waals surface area (Å²) in [6.45, 7) is 6.62. The largest absolute Gasteiger partial charge is 0.293 e. The van der Waals surface area contributed by atoms with Crippen molar-refractivity contribution in [3.05, 3.63) is 35.9 Å². The van der Waals surface area contributed by atoms with Gasteiger partial charge in [-0.2, -0.15) is 5.26 Å². The average molecular weight is 256 g/mol. The van der Waals surface area contributed by atoms with Gasteiger partial charge in [-0.15, -0.1) is 0 Å². The van der Waals surface area contributed by atoms with Gasteiger partial charge in [0.2, 0.25) is 0 Å². The molecule has 0 heterocycles. The summed E-state index contributed by atoms with van der Waals surface area (Å²) in [4.78, 5) is 0. The molecule has 19 heavy (non-hydrogen) atoms. The van der Waals surface area contributed by atoms with Gasteiger partial charge >= 0.3 is 0 Å². The van der Waals surface area contributed by atoms with Crippen LogP contribution in [0.15, 0.2) is 30.3 Å². The third kappa shape index (κ3) is 2.82. The number of nitrogens with one attached hydrogen (secondary N) is 1. The molecule has 1 fully saturated rings. The first-order valence-corrected chi connectivity index (χ1v) is 7.33. The zero-order chi connectivity index (χ0) is 13.9. The van der Waals surface area contributed by atoms with E-state index in [1.54, 1.807) is 0 Å². The quantitative estimate of drug-likeness (QED) is 0.882. The first-order valence-electron chi connectivity index (χ1n) is 7.33. The van der Waals surface area contributed by atoms with Gasteiger partial charge in [0.25, 0.3) is 0 Å². The molecule has 0 saturated heterocycles. The molecule has 0 bridgehead atoms. The van der Waals surface area contributed by atoms with Crippen molar-refractivity contribution in [1.29, 1.82) is 5.26 Å². The minimum Gasteiger partial charge on any atom is -0.293 e. The Labute approximate surface area is 116 Å². The summed E-state index contributed by atoms with van der Waals surface area (Å²) in [5, 5.41) is 13.3. The van der Waals surface area contributed by atoms with Crippen molar-refractivity contribution in [1.82, 2.24) is 5.32 Å². The van der Waals surface area contributed by atoms with Crippen molar-refractivity contribution in [3.63, 3.8) is 0 Å². The first-order chi connectivity index (χ1) is 9.09. The molecule has 1 aromatic carbocycles. The number of nitrogens with zero attached hydrogens (tertiary/aromatic N) is 1. The van der Waals surface area contributed by atoms with Crippen LogP contribution in [0.2, 0.25) is 0 Å². The van der Waals surface area contributed by atoms with E-state index in [-0.39, 0.29) is 11.6 Å². The fourth-order valence-corrected chi connectivity index (χ4v) is 3.50. The Morgan fingerprint density at radius 3 is 2.53 bits per heavy atom. The molecule has 1 aliphatic rings. The lowest BCUT2D eigenvalue weighted by atomic mass is 9.80. The van der Waals surface area contributed by atoms with Crippen LogP contribution in [0, 0.1) is 23.2 Å². The van der Waals surface area contributed by atoms with E-state index in [9.17, 15) is 5.26 Å². The molecular formula is C17H24N2. The van der Waals surface area contributed by atoms with E-state index in [2.05, 4.69) is 56.4 Å². The zero-order valence-corrected chi connectivity index (χ0v) is 12.2. The van der Waals surface area contributed by atoms with E-state index >= 15 is 0 Å². The Bertz CT molecular complexity index is 446. The van der Waals surface area contributed by atoms with Crippen LogP contribution in [0.3, 0.4) is 0 Å². The second-order valence-corrected chi connectivity index (χ2v) is 6.10. The summed E-state index contributed by atoms with van der Waals surface area (Å²) in [5.74, 6) is 1.02. The van der Waals surface area contributed by atoms with Gasteiger partial charge in [0, 0.05) is 6.04 Å². The molecule has 2 rings (SSSR count). The van der Waals surface area contributed by atoms with Crippen LogP contribution in [0.5, 0.6) is 0 Å². The van der Waals surface area contributed by atoms with Crippen molar-refractivity contribution in [2.45, 2.75) is 51.6 Å². The van der Waals surface area contributed by atoms with Crippen LogP contribution in [0.25, 0.3) is 0 Å². The third-order valence-corrected chi connectivity index (χ3v) is 4.50. The second-order valence-electron chi connectivity index (χ2n) is 6.10. The number of hydrogen-bond acceptors (Lipinski definition) is 2. The maximum atomic E-state index is 9.72. The molecular weight excluding hydrogens is 232 g/mol. The van der Waals surface area contributed by atoms with Crippen molar-refractivity contribution < 1.29 is 0 Å². The summed E-state index contributed by atoms with van der Waals surface area (Å²) in [7, 11) is 0. The predicted molar refractivity (Wildman–Crippen MR) is 78.5 cm³/mol. The Balaban J connectivity index is 2.17. The molecule has 2 nitrogen and oxygen atoms in total. The Hall–Kier alpha value is -1.33. The molecule has 1 aromatic rings. The van der Waals surface area contributed by atoms with E-state index in [1.807, 2.05) is 6.07 Å². The molecule has 2 unspecified atom stereocenters. The lowest BCUT2D eigenvalue weighted by molar-refractivity contribution is 0.233. The number of nitriles is 1. The van der Waals surface area contributed by atoms with Crippen LogP contribution < -0.4 is 5.32 Å². The summed E-state index contributed by atoms with van der Waals surface area (Å²) < 4.78 is 0. The highest BCUT2D eigenvalue weighted by Crippen LogP contribution is 2.41. The zero-order valence-electron chi connectivity index (χ0n) is 12.2. The molecule has 2 heteroatoms. The minimum atomic E-state index is -0.344. The monoisotopic (exact) mass is 256 g/mol. The highest BCUT2D eigenvalue weighted by Gasteiger charge is 2.45. The van der Waals surface area contributed by atoms with Crippen molar-refractivity contribution in [2.75, 3.05) is 0 Å². The number of benzene rings is 1. The lowest BCUT2D eigenvalue weighted by Gasteiger charge is -2.35. The molecule has 0 spiro atoms. The van der Waals surface area contributed by atoms with Gasteiger partial charge in [0.05, 0.1) is 6.07 Å². The Morgan fingerprint density at radius 1 is 1.26 bits per heavy atom. The minimum absolute atomic E-state index is 0.222. The highest BCUT2D eigenvalue weighted by molar-refractivity contribution is 5.22. The maximum Gasteiger partial charge on any atom is 0.110 e.